The van der Waals surface area contributed by atoms with Crippen LogP contribution in [0.5, 0.6) is 0 Å². The van der Waals surface area contributed by atoms with E-state index in [0.29, 0.717) is 23.3 Å². The Morgan fingerprint density at radius 2 is 1.60 bits per heavy atom. The third-order valence-electron chi connectivity index (χ3n) is 2.64. The first kappa shape index (κ1) is 19.9. The van der Waals surface area contributed by atoms with Gasteiger partial charge in [-0.15, -0.1) is 10.9 Å². The van der Waals surface area contributed by atoms with E-state index < -0.39 is 6.72 Å². The first-order chi connectivity index (χ1) is 9.45. The predicted molar refractivity (Wildman–Crippen MR) is 85.3 cm³/mol. The van der Waals surface area contributed by atoms with Crippen LogP contribution in [0.25, 0.3) is 0 Å². The Hall–Kier alpha value is -0.130. The van der Waals surface area contributed by atoms with Crippen LogP contribution in [0.15, 0.2) is 12.2 Å². The van der Waals surface area contributed by atoms with Crippen molar-refractivity contribution in [3.05, 3.63) is 12.2 Å². The molecule has 0 aromatic carbocycles. The zero-order valence-electron chi connectivity index (χ0n) is 12.1. The third-order valence-corrected chi connectivity index (χ3v) is 5.27. The second-order valence-corrected chi connectivity index (χ2v) is 8.81. The van der Waals surface area contributed by atoms with Crippen molar-refractivity contribution >= 4 is 23.6 Å². The Kier molecular flexibility index (Phi) is 12.5. The molecule has 0 unspecified atom stereocenters. The second-order valence-electron chi connectivity index (χ2n) is 4.54. The van der Waals surface area contributed by atoms with E-state index in [1.54, 1.807) is 13.0 Å². The van der Waals surface area contributed by atoms with Crippen LogP contribution in [0, 0.1) is 0 Å². The maximum atomic E-state index is 11.0. The first-order valence-corrected chi connectivity index (χ1v) is 10.4. The summed E-state index contributed by atoms with van der Waals surface area (Å²) >= 11 is 0. The van der Waals surface area contributed by atoms with E-state index in [9.17, 15) is 4.79 Å². The summed E-state index contributed by atoms with van der Waals surface area (Å²) in [5.41, 5.74) is 0. The van der Waals surface area contributed by atoms with Crippen LogP contribution in [0.2, 0.25) is 0 Å². The van der Waals surface area contributed by atoms with Crippen LogP contribution < -0.4 is 0 Å². The topological polar surface area (TPSA) is 87.0 Å². The molecule has 0 saturated carbocycles. The smallest absolute Gasteiger partial charge is 0.330 e. The van der Waals surface area contributed by atoms with E-state index in [0.717, 1.165) is 44.9 Å². The normalized spacial score (nSPS) is 12.0. The number of thiol groups is 1. The van der Waals surface area contributed by atoms with Crippen LogP contribution in [-0.2, 0) is 20.5 Å². The maximum absolute atomic E-state index is 11.0. The van der Waals surface area contributed by atoms with Crippen molar-refractivity contribution in [3.63, 3.8) is 0 Å². The Morgan fingerprint density at radius 3 is 2.15 bits per heavy atom. The van der Waals surface area contributed by atoms with Crippen LogP contribution in [0.1, 0.15) is 51.9 Å². The first-order valence-electron chi connectivity index (χ1n) is 7.01. The standard InChI is InChI=1S/C13H27O5PS/c1-2-10-13(14)18-11-8-6-4-3-5-7-9-12-20-19(15,16)17/h2,10,15-17,20H,3-9,11-12H2,1H3. The van der Waals surface area contributed by atoms with E-state index in [4.69, 9.17) is 19.4 Å². The molecule has 0 aliphatic rings. The van der Waals surface area contributed by atoms with E-state index in [2.05, 4.69) is 0 Å². The molecule has 0 atom stereocenters. The molecule has 0 bridgehead atoms. The number of ether oxygens (including phenoxy) is 1. The molecule has 7 heteroatoms. The maximum Gasteiger partial charge on any atom is 0.330 e. The van der Waals surface area contributed by atoms with Gasteiger partial charge in [0.25, 0.3) is 6.72 Å². The summed E-state index contributed by atoms with van der Waals surface area (Å²) in [4.78, 5) is 37.3. The molecule has 0 fully saturated rings. The van der Waals surface area contributed by atoms with Crippen LogP contribution in [0.3, 0.4) is 0 Å². The van der Waals surface area contributed by atoms with E-state index in [-0.39, 0.29) is 5.97 Å². The second kappa shape index (κ2) is 12.6. The molecule has 0 rings (SSSR count). The average Bonchev–Trinajstić information content (AvgIpc) is 2.35. The molecule has 5 nitrogen and oxygen atoms in total. The van der Waals surface area contributed by atoms with E-state index in [1.165, 1.54) is 6.08 Å². The van der Waals surface area contributed by atoms with Gasteiger partial charge in [0, 0.05) is 6.08 Å². The molecule has 0 aliphatic heterocycles. The van der Waals surface area contributed by atoms with Gasteiger partial charge in [0.1, 0.15) is 0 Å². The van der Waals surface area contributed by atoms with Crippen molar-refractivity contribution in [2.24, 2.45) is 0 Å². The molecular formula is C13H27O5PS. The number of carbonyl (C=O) groups excluding carboxylic acids is 1. The zero-order chi connectivity index (χ0) is 15.3. The third kappa shape index (κ3) is 15.9. The van der Waals surface area contributed by atoms with Gasteiger partial charge in [0.05, 0.1) is 6.61 Å². The number of hydrogen-bond donors (Lipinski definition) is 4. The highest BCUT2D eigenvalue weighted by Crippen LogP contribution is 2.31. The molecule has 0 saturated heterocycles. The highest BCUT2D eigenvalue weighted by Gasteiger charge is 1.99. The van der Waals surface area contributed by atoms with Gasteiger partial charge in [-0.05, 0) is 25.5 Å². The highest BCUT2D eigenvalue weighted by molar-refractivity contribution is 8.16. The Bertz CT molecular complexity index is 329. The number of rotatable bonds is 11. The zero-order valence-corrected chi connectivity index (χ0v) is 13.9. The van der Waals surface area contributed by atoms with Gasteiger partial charge in [-0.1, -0.05) is 38.2 Å². The van der Waals surface area contributed by atoms with Crippen molar-refractivity contribution in [2.75, 3.05) is 12.4 Å². The van der Waals surface area contributed by atoms with Gasteiger partial charge in [-0.2, -0.15) is 0 Å². The lowest BCUT2D eigenvalue weighted by Crippen LogP contribution is -2.01. The molecule has 0 amide bonds. The molecule has 0 spiro atoms. The number of hydrogen-bond acceptors (Lipinski definition) is 2. The predicted octanol–water partition coefficient (Wildman–Crippen LogP) is 2.31. The molecule has 3 N–H and O–H groups in total. The van der Waals surface area contributed by atoms with E-state index in [1.807, 2.05) is 0 Å². The fourth-order valence-corrected chi connectivity index (χ4v) is 3.52. The number of esters is 1. The van der Waals surface area contributed by atoms with Crippen LogP contribution in [-0.4, -0.2) is 33.0 Å². The number of allylic oxidation sites excluding steroid dienone is 1. The summed E-state index contributed by atoms with van der Waals surface area (Å²) in [6, 6.07) is 0. The molecule has 0 aromatic heterocycles. The van der Waals surface area contributed by atoms with Gasteiger partial charge in [-0.3, -0.25) is 0 Å². The minimum atomic E-state index is -3.58. The Morgan fingerprint density at radius 1 is 1.05 bits per heavy atom. The van der Waals surface area contributed by atoms with Crippen molar-refractivity contribution in [1.82, 2.24) is 0 Å². The lowest BCUT2D eigenvalue weighted by molar-refractivity contribution is -0.137. The lowest BCUT2D eigenvalue weighted by atomic mass is 10.1. The Balaban J connectivity index is 3.24. The van der Waals surface area contributed by atoms with E-state index >= 15 is 0 Å². The van der Waals surface area contributed by atoms with Crippen molar-refractivity contribution < 1.29 is 24.2 Å². The summed E-state index contributed by atoms with van der Waals surface area (Å²) < 4.78 is 4.98. The van der Waals surface area contributed by atoms with Crippen molar-refractivity contribution in [3.8, 4) is 0 Å². The van der Waals surface area contributed by atoms with Crippen LogP contribution >= 0.6 is 6.72 Å². The molecule has 0 aliphatic carbocycles. The quantitative estimate of drug-likeness (QED) is 0.154. The van der Waals surface area contributed by atoms with Crippen molar-refractivity contribution in [2.45, 2.75) is 51.9 Å². The summed E-state index contributed by atoms with van der Waals surface area (Å²) in [6.45, 7) is -1.31. The molecule has 0 aromatic rings. The molecule has 0 heterocycles. The van der Waals surface area contributed by atoms with Gasteiger partial charge in [0.15, 0.2) is 0 Å². The van der Waals surface area contributed by atoms with Gasteiger partial charge in [-0.25, -0.2) is 4.79 Å². The summed E-state index contributed by atoms with van der Waals surface area (Å²) in [5, 5.41) is 0. The largest absolute Gasteiger partial charge is 0.463 e. The minimum Gasteiger partial charge on any atom is -0.463 e. The average molecular weight is 326 g/mol. The van der Waals surface area contributed by atoms with Crippen LogP contribution in [0.4, 0.5) is 0 Å². The van der Waals surface area contributed by atoms with Gasteiger partial charge < -0.3 is 19.4 Å². The highest BCUT2D eigenvalue weighted by atomic mass is 32.5. The summed E-state index contributed by atoms with van der Waals surface area (Å²) in [6.07, 6.45) is 10.4. The molecular weight excluding hydrogens is 299 g/mol. The lowest BCUT2D eigenvalue weighted by Gasteiger charge is -2.04. The fourth-order valence-electron chi connectivity index (χ4n) is 1.66. The summed E-state index contributed by atoms with van der Waals surface area (Å²) in [7, 11) is 0.357. The van der Waals surface area contributed by atoms with Crippen molar-refractivity contribution in [1.29, 1.82) is 0 Å². The van der Waals surface area contributed by atoms with Gasteiger partial charge in [0.2, 0.25) is 0 Å². The monoisotopic (exact) mass is 326 g/mol. The molecule has 20 heavy (non-hydrogen) atoms. The minimum absolute atomic E-state index is 0.276. The number of carbonyl (C=O) groups is 1. The Labute approximate surface area is 124 Å². The molecule has 120 valence electrons. The SMILES string of the molecule is CC=CC(=O)OCCCCCCCCC[SH]=P(O)(O)O. The molecule has 0 radical (unpaired) electrons. The van der Waals surface area contributed by atoms with Gasteiger partial charge >= 0.3 is 5.97 Å². The fraction of sp³-hybridized carbons (Fsp3) is 0.769. The summed E-state index contributed by atoms with van der Waals surface area (Å²) in [5.74, 6) is 0.361. The number of unbranched alkanes of at least 4 members (excludes halogenated alkanes) is 6.